The summed E-state index contributed by atoms with van der Waals surface area (Å²) in [6.07, 6.45) is 6.67. The van der Waals surface area contributed by atoms with Gasteiger partial charge in [-0.3, -0.25) is 0 Å². The van der Waals surface area contributed by atoms with Crippen LogP contribution in [0.4, 0.5) is 0 Å². The summed E-state index contributed by atoms with van der Waals surface area (Å²) in [4.78, 5) is 0. The van der Waals surface area contributed by atoms with Gasteiger partial charge in [0.1, 0.15) is 0 Å². The van der Waals surface area contributed by atoms with Gasteiger partial charge in [0.2, 0.25) is 0 Å². The van der Waals surface area contributed by atoms with Crippen molar-refractivity contribution in [1.29, 1.82) is 0 Å². The number of rotatable bonds is 2. The molecule has 1 saturated carbocycles. The fourth-order valence-electron chi connectivity index (χ4n) is 3.60. The van der Waals surface area contributed by atoms with E-state index in [1.807, 2.05) is 0 Å². The van der Waals surface area contributed by atoms with Crippen LogP contribution in [0, 0.1) is 6.92 Å². The van der Waals surface area contributed by atoms with E-state index in [1.54, 1.807) is 0 Å². The third kappa shape index (κ3) is 2.32. The zero-order valence-corrected chi connectivity index (χ0v) is 11.7. The molecule has 0 radical (unpaired) electrons. The Labute approximate surface area is 116 Å². The van der Waals surface area contributed by atoms with E-state index < -0.39 is 0 Å². The molecule has 0 heteroatoms. The van der Waals surface area contributed by atoms with Crippen LogP contribution in [0.25, 0.3) is 0 Å². The van der Waals surface area contributed by atoms with Crippen molar-refractivity contribution in [2.75, 3.05) is 0 Å². The molecule has 2 aromatic carbocycles. The molecule has 0 bridgehead atoms. The van der Waals surface area contributed by atoms with Crippen molar-refractivity contribution >= 4 is 0 Å². The molecule has 0 heterocycles. The zero-order valence-electron chi connectivity index (χ0n) is 11.7. The Kier molecular flexibility index (Phi) is 3.42. The van der Waals surface area contributed by atoms with E-state index in [4.69, 9.17) is 0 Å². The fraction of sp³-hybridized carbons (Fsp3) is 0.368. The zero-order chi connectivity index (χ0) is 13.1. The summed E-state index contributed by atoms with van der Waals surface area (Å²) in [6, 6.07) is 20.2. The molecule has 0 atom stereocenters. The van der Waals surface area contributed by atoms with Gasteiger partial charge in [0.25, 0.3) is 0 Å². The van der Waals surface area contributed by atoms with Gasteiger partial charge in [0, 0.05) is 5.41 Å². The third-order valence-electron chi connectivity index (χ3n) is 4.60. The van der Waals surface area contributed by atoms with Crippen LogP contribution in [0.1, 0.15) is 48.8 Å². The van der Waals surface area contributed by atoms with Crippen molar-refractivity contribution < 1.29 is 0 Å². The Bertz CT molecular complexity index is 533. The lowest BCUT2D eigenvalue weighted by Crippen LogP contribution is -2.30. The summed E-state index contributed by atoms with van der Waals surface area (Å²) < 4.78 is 0. The molecule has 0 N–H and O–H groups in total. The topological polar surface area (TPSA) is 0 Å². The summed E-state index contributed by atoms with van der Waals surface area (Å²) in [6.45, 7) is 2.20. The van der Waals surface area contributed by atoms with Crippen molar-refractivity contribution in [2.45, 2.75) is 44.4 Å². The maximum atomic E-state index is 2.39. The van der Waals surface area contributed by atoms with Crippen molar-refractivity contribution in [3.8, 4) is 0 Å². The van der Waals surface area contributed by atoms with E-state index in [2.05, 4.69) is 61.5 Å². The standard InChI is InChI=1S/C19H22/c1-16-9-8-12-18(15-16)19(13-6-3-7-14-19)17-10-4-2-5-11-17/h2,4-5,8-12,15H,3,6-7,13-14H2,1H3. The molecule has 3 rings (SSSR count). The highest BCUT2D eigenvalue weighted by molar-refractivity contribution is 5.41. The van der Waals surface area contributed by atoms with Crippen molar-refractivity contribution in [3.63, 3.8) is 0 Å². The second-order valence-electron chi connectivity index (χ2n) is 5.88. The minimum Gasteiger partial charge on any atom is -0.0622 e. The fourth-order valence-corrected chi connectivity index (χ4v) is 3.60. The lowest BCUT2D eigenvalue weighted by Gasteiger charge is -2.38. The lowest BCUT2D eigenvalue weighted by atomic mass is 9.65. The summed E-state index contributed by atoms with van der Waals surface area (Å²) in [5, 5.41) is 0. The van der Waals surface area contributed by atoms with E-state index in [0.717, 1.165) is 0 Å². The Morgan fingerprint density at radius 1 is 0.737 bits per heavy atom. The second-order valence-corrected chi connectivity index (χ2v) is 5.88. The third-order valence-corrected chi connectivity index (χ3v) is 4.60. The molecule has 0 nitrogen and oxygen atoms in total. The maximum Gasteiger partial charge on any atom is 0.0203 e. The predicted octanol–water partition coefficient (Wildman–Crippen LogP) is 5.25. The van der Waals surface area contributed by atoms with E-state index in [0.29, 0.717) is 0 Å². The van der Waals surface area contributed by atoms with Gasteiger partial charge in [-0.25, -0.2) is 0 Å². The molecule has 0 saturated heterocycles. The van der Waals surface area contributed by atoms with Gasteiger partial charge in [-0.15, -0.1) is 0 Å². The summed E-state index contributed by atoms with van der Waals surface area (Å²) in [7, 11) is 0. The number of hydrogen-bond donors (Lipinski definition) is 0. The molecule has 98 valence electrons. The first-order valence-corrected chi connectivity index (χ1v) is 7.44. The molecular weight excluding hydrogens is 228 g/mol. The van der Waals surface area contributed by atoms with E-state index >= 15 is 0 Å². The molecule has 1 aliphatic rings. The van der Waals surface area contributed by atoms with Crippen molar-refractivity contribution in [2.24, 2.45) is 0 Å². The van der Waals surface area contributed by atoms with Crippen molar-refractivity contribution in [3.05, 3.63) is 71.3 Å². The molecule has 0 aliphatic heterocycles. The quantitative estimate of drug-likeness (QED) is 0.683. The maximum absolute atomic E-state index is 2.39. The molecule has 1 fully saturated rings. The summed E-state index contributed by atoms with van der Waals surface area (Å²) >= 11 is 0. The van der Waals surface area contributed by atoms with Gasteiger partial charge in [0.05, 0.1) is 0 Å². The molecular formula is C19H22. The van der Waals surface area contributed by atoms with Crippen molar-refractivity contribution in [1.82, 2.24) is 0 Å². The molecule has 0 spiro atoms. The van der Waals surface area contributed by atoms with Gasteiger partial charge < -0.3 is 0 Å². The first-order valence-electron chi connectivity index (χ1n) is 7.44. The van der Waals surface area contributed by atoms with Crippen LogP contribution in [-0.4, -0.2) is 0 Å². The number of benzene rings is 2. The molecule has 1 aliphatic carbocycles. The highest BCUT2D eigenvalue weighted by Crippen LogP contribution is 2.44. The summed E-state index contributed by atoms with van der Waals surface area (Å²) in [5.41, 5.74) is 4.64. The average molecular weight is 250 g/mol. The Balaban J connectivity index is 2.12. The van der Waals surface area contributed by atoms with Crippen LogP contribution >= 0.6 is 0 Å². The monoisotopic (exact) mass is 250 g/mol. The first-order chi connectivity index (χ1) is 9.31. The van der Waals surface area contributed by atoms with E-state index in [1.165, 1.54) is 48.8 Å². The second kappa shape index (κ2) is 5.21. The number of hydrogen-bond acceptors (Lipinski definition) is 0. The molecule has 2 aromatic rings. The highest BCUT2D eigenvalue weighted by Gasteiger charge is 2.35. The Hall–Kier alpha value is -1.56. The number of aryl methyl sites for hydroxylation is 1. The lowest BCUT2D eigenvalue weighted by molar-refractivity contribution is 0.346. The van der Waals surface area contributed by atoms with Crippen LogP contribution in [0.2, 0.25) is 0 Å². The van der Waals surface area contributed by atoms with Gasteiger partial charge in [-0.05, 0) is 30.9 Å². The first kappa shape index (κ1) is 12.5. The highest BCUT2D eigenvalue weighted by atomic mass is 14.4. The Morgan fingerprint density at radius 3 is 2.11 bits per heavy atom. The van der Waals surface area contributed by atoms with Crippen LogP contribution < -0.4 is 0 Å². The van der Waals surface area contributed by atoms with E-state index in [-0.39, 0.29) is 5.41 Å². The minimum absolute atomic E-state index is 0.255. The van der Waals surface area contributed by atoms with Crippen LogP contribution in [0.5, 0.6) is 0 Å². The van der Waals surface area contributed by atoms with Crippen LogP contribution in [-0.2, 0) is 5.41 Å². The predicted molar refractivity (Wildman–Crippen MR) is 81.5 cm³/mol. The largest absolute Gasteiger partial charge is 0.0622 e. The molecule has 0 unspecified atom stereocenters. The van der Waals surface area contributed by atoms with Gasteiger partial charge >= 0.3 is 0 Å². The van der Waals surface area contributed by atoms with Crippen LogP contribution in [0.15, 0.2) is 54.6 Å². The summed E-state index contributed by atoms with van der Waals surface area (Å²) in [5.74, 6) is 0. The van der Waals surface area contributed by atoms with Gasteiger partial charge in [-0.1, -0.05) is 79.4 Å². The van der Waals surface area contributed by atoms with E-state index in [9.17, 15) is 0 Å². The minimum atomic E-state index is 0.255. The average Bonchev–Trinajstić information content (AvgIpc) is 2.49. The SMILES string of the molecule is Cc1cccc(C2(c3ccccc3)CCCCC2)c1. The van der Waals surface area contributed by atoms with Gasteiger partial charge in [-0.2, -0.15) is 0 Å². The molecule has 0 amide bonds. The molecule has 0 aromatic heterocycles. The van der Waals surface area contributed by atoms with Crippen LogP contribution in [0.3, 0.4) is 0 Å². The normalized spacial score (nSPS) is 18.2. The smallest absolute Gasteiger partial charge is 0.0203 e. The Morgan fingerprint density at radius 2 is 1.42 bits per heavy atom. The van der Waals surface area contributed by atoms with Gasteiger partial charge in [0.15, 0.2) is 0 Å². The molecule has 19 heavy (non-hydrogen) atoms.